The van der Waals surface area contributed by atoms with Gasteiger partial charge < -0.3 is 10.4 Å². The van der Waals surface area contributed by atoms with Crippen LogP contribution in [0, 0.1) is 5.41 Å². The van der Waals surface area contributed by atoms with Crippen LogP contribution in [0.1, 0.15) is 25.3 Å². The molecule has 2 rings (SSSR count). The molecular formula is C15H17N3O3S. The van der Waals surface area contributed by atoms with E-state index in [-0.39, 0.29) is 18.9 Å². The lowest BCUT2D eigenvalue weighted by Crippen LogP contribution is -2.33. The van der Waals surface area contributed by atoms with Gasteiger partial charge in [-0.3, -0.25) is 9.59 Å². The number of carboxylic acids is 1. The molecule has 0 aliphatic heterocycles. The Morgan fingerprint density at radius 2 is 1.91 bits per heavy atom. The SMILES string of the molecule is CC(C)(CC(=O)NCc1nnc(-c2ccccc2)s1)C(=O)O. The van der Waals surface area contributed by atoms with Crippen LogP contribution in [0.3, 0.4) is 0 Å². The second-order valence-corrected chi connectivity index (χ2v) is 6.57. The minimum Gasteiger partial charge on any atom is -0.481 e. The van der Waals surface area contributed by atoms with Crippen molar-refractivity contribution in [3.63, 3.8) is 0 Å². The third-order valence-corrected chi connectivity index (χ3v) is 4.08. The first-order chi connectivity index (χ1) is 10.4. The zero-order chi connectivity index (χ0) is 16.2. The Labute approximate surface area is 132 Å². The van der Waals surface area contributed by atoms with Gasteiger partial charge in [-0.15, -0.1) is 10.2 Å². The predicted molar refractivity (Wildman–Crippen MR) is 83.2 cm³/mol. The first-order valence-corrected chi connectivity index (χ1v) is 7.58. The highest BCUT2D eigenvalue weighted by Crippen LogP contribution is 2.23. The second kappa shape index (κ2) is 6.65. The molecule has 22 heavy (non-hydrogen) atoms. The van der Waals surface area contributed by atoms with E-state index in [1.807, 2.05) is 30.3 Å². The lowest BCUT2D eigenvalue weighted by Gasteiger charge is -2.17. The van der Waals surface area contributed by atoms with Crippen LogP contribution in [-0.4, -0.2) is 27.2 Å². The maximum Gasteiger partial charge on any atom is 0.309 e. The van der Waals surface area contributed by atoms with E-state index in [0.29, 0.717) is 5.01 Å². The molecule has 1 amide bonds. The maximum absolute atomic E-state index is 11.8. The highest BCUT2D eigenvalue weighted by Gasteiger charge is 2.30. The van der Waals surface area contributed by atoms with Crippen LogP contribution in [0.15, 0.2) is 30.3 Å². The number of carbonyl (C=O) groups is 2. The van der Waals surface area contributed by atoms with Crippen LogP contribution in [0.5, 0.6) is 0 Å². The van der Waals surface area contributed by atoms with Crippen molar-refractivity contribution < 1.29 is 14.7 Å². The van der Waals surface area contributed by atoms with Gasteiger partial charge in [-0.1, -0.05) is 41.7 Å². The maximum atomic E-state index is 11.8. The summed E-state index contributed by atoms with van der Waals surface area (Å²) in [6, 6.07) is 9.66. The summed E-state index contributed by atoms with van der Waals surface area (Å²) in [6.45, 7) is 3.29. The summed E-state index contributed by atoms with van der Waals surface area (Å²) in [7, 11) is 0. The number of aromatic nitrogens is 2. The van der Waals surface area contributed by atoms with Gasteiger partial charge in [-0.25, -0.2) is 0 Å². The van der Waals surface area contributed by atoms with Crippen LogP contribution in [-0.2, 0) is 16.1 Å². The Hall–Kier alpha value is -2.28. The molecule has 1 aromatic carbocycles. The van der Waals surface area contributed by atoms with Gasteiger partial charge in [0.1, 0.15) is 10.0 Å². The van der Waals surface area contributed by atoms with Crippen molar-refractivity contribution >= 4 is 23.2 Å². The van der Waals surface area contributed by atoms with E-state index in [9.17, 15) is 9.59 Å². The van der Waals surface area contributed by atoms with E-state index in [0.717, 1.165) is 10.6 Å². The van der Waals surface area contributed by atoms with Crippen LogP contribution >= 0.6 is 11.3 Å². The molecule has 1 aromatic heterocycles. The van der Waals surface area contributed by atoms with Gasteiger partial charge in [-0.2, -0.15) is 0 Å². The molecular weight excluding hydrogens is 302 g/mol. The van der Waals surface area contributed by atoms with Crippen LogP contribution in [0.2, 0.25) is 0 Å². The lowest BCUT2D eigenvalue weighted by molar-refractivity contribution is -0.149. The second-order valence-electron chi connectivity index (χ2n) is 5.51. The van der Waals surface area contributed by atoms with E-state index in [1.54, 1.807) is 0 Å². The molecule has 2 aromatic rings. The predicted octanol–water partition coefficient (Wildman–Crippen LogP) is 2.32. The normalized spacial score (nSPS) is 11.2. The highest BCUT2D eigenvalue weighted by molar-refractivity contribution is 7.14. The molecule has 0 aliphatic carbocycles. The molecule has 0 atom stereocenters. The smallest absolute Gasteiger partial charge is 0.309 e. The third kappa shape index (κ3) is 4.11. The molecule has 1 heterocycles. The van der Waals surface area contributed by atoms with Crippen molar-refractivity contribution in [2.24, 2.45) is 5.41 Å². The standard InChI is InChI=1S/C15H17N3O3S/c1-15(2,14(20)21)8-11(19)16-9-12-17-18-13(22-12)10-6-4-3-5-7-10/h3-7H,8-9H2,1-2H3,(H,16,19)(H,20,21). The molecule has 0 fully saturated rings. The number of hydrogen-bond acceptors (Lipinski definition) is 5. The van der Waals surface area contributed by atoms with Crippen molar-refractivity contribution in [1.29, 1.82) is 0 Å². The number of nitrogens with zero attached hydrogens (tertiary/aromatic N) is 2. The summed E-state index contributed by atoms with van der Waals surface area (Å²) in [5.41, 5.74) is -0.106. The molecule has 0 unspecified atom stereocenters. The Balaban J connectivity index is 1.92. The number of amides is 1. The summed E-state index contributed by atoms with van der Waals surface area (Å²) >= 11 is 1.40. The summed E-state index contributed by atoms with van der Waals surface area (Å²) in [4.78, 5) is 22.8. The first kappa shape index (κ1) is 16.1. The van der Waals surface area contributed by atoms with Gasteiger partial charge in [0.25, 0.3) is 0 Å². The molecule has 7 heteroatoms. The lowest BCUT2D eigenvalue weighted by atomic mass is 9.89. The Bertz CT molecular complexity index is 668. The number of benzene rings is 1. The fraction of sp³-hybridized carbons (Fsp3) is 0.333. The van der Waals surface area contributed by atoms with E-state index in [1.165, 1.54) is 25.2 Å². The quantitative estimate of drug-likeness (QED) is 0.852. The van der Waals surface area contributed by atoms with Gasteiger partial charge >= 0.3 is 5.97 Å². The van der Waals surface area contributed by atoms with Crippen LogP contribution in [0.4, 0.5) is 0 Å². The largest absolute Gasteiger partial charge is 0.481 e. The van der Waals surface area contributed by atoms with Gasteiger partial charge in [0.05, 0.1) is 12.0 Å². The fourth-order valence-corrected chi connectivity index (χ4v) is 2.52. The molecule has 0 spiro atoms. The van der Waals surface area contributed by atoms with Gasteiger partial charge in [0.15, 0.2) is 0 Å². The van der Waals surface area contributed by atoms with Crippen molar-refractivity contribution in [2.75, 3.05) is 0 Å². The fourth-order valence-electron chi connectivity index (χ4n) is 1.74. The minimum atomic E-state index is -1.08. The number of rotatable bonds is 6. The first-order valence-electron chi connectivity index (χ1n) is 6.76. The molecule has 0 saturated carbocycles. The number of carbonyl (C=O) groups excluding carboxylic acids is 1. The zero-order valence-electron chi connectivity index (χ0n) is 12.4. The molecule has 0 bridgehead atoms. The summed E-state index contributed by atoms with van der Waals surface area (Å²) in [5, 5.41) is 21.3. The molecule has 116 valence electrons. The molecule has 0 saturated heterocycles. The minimum absolute atomic E-state index is 0.0767. The number of hydrogen-bond donors (Lipinski definition) is 2. The number of nitrogens with one attached hydrogen (secondary N) is 1. The Morgan fingerprint density at radius 3 is 2.55 bits per heavy atom. The van der Waals surface area contributed by atoms with Crippen LogP contribution in [0.25, 0.3) is 10.6 Å². The van der Waals surface area contributed by atoms with Crippen LogP contribution < -0.4 is 5.32 Å². The van der Waals surface area contributed by atoms with E-state index < -0.39 is 11.4 Å². The highest BCUT2D eigenvalue weighted by atomic mass is 32.1. The average Bonchev–Trinajstić information content (AvgIpc) is 2.94. The molecule has 6 nitrogen and oxygen atoms in total. The summed E-state index contributed by atoms with van der Waals surface area (Å²) in [5.74, 6) is -1.31. The number of carboxylic acid groups (broad SMARTS) is 1. The Morgan fingerprint density at radius 1 is 1.23 bits per heavy atom. The third-order valence-electron chi connectivity index (χ3n) is 3.11. The average molecular weight is 319 g/mol. The zero-order valence-corrected chi connectivity index (χ0v) is 13.2. The van der Waals surface area contributed by atoms with Crippen molar-refractivity contribution in [3.8, 4) is 10.6 Å². The Kier molecular flexibility index (Phi) is 4.87. The topological polar surface area (TPSA) is 92.2 Å². The van der Waals surface area contributed by atoms with Gasteiger partial charge in [0, 0.05) is 12.0 Å². The molecule has 0 aliphatic rings. The molecule has 2 N–H and O–H groups in total. The van der Waals surface area contributed by atoms with Crippen molar-refractivity contribution in [3.05, 3.63) is 35.3 Å². The van der Waals surface area contributed by atoms with Gasteiger partial charge in [-0.05, 0) is 13.8 Å². The summed E-state index contributed by atoms with van der Waals surface area (Å²) < 4.78 is 0. The summed E-state index contributed by atoms with van der Waals surface area (Å²) in [6.07, 6.45) is -0.0767. The van der Waals surface area contributed by atoms with E-state index in [4.69, 9.17) is 5.11 Å². The van der Waals surface area contributed by atoms with E-state index in [2.05, 4.69) is 15.5 Å². The van der Waals surface area contributed by atoms with Crippen molar-refractivity contribution in [2.45, 2.75) is 26.8 Å². The van der Waals surface area contributed by atoms with Crippen molar-refractivity contribution in [1.82, 2.24) is 15.5 Å². The molecule has 0 radical (unpaired) electrons. The monoisotopic (exact) mass is 319 g/mol. The van der Waals surface area contributed by atoms with Gasteiger partial charge in [0.2, 0.25) is 5.91 Å². The number of aliphatic carboxylic acids is 1. The van der Waals surface area contributed by atoms with E-state index >= 15 is 0 Å².